The van der Waals surface area contributed by atoms with E-state index in [-0.39, 0.29) is 74.5 Å². The number of imide groups is 1. The molecule has 1 N–H and O–H groups in total. The van der Waals surface area contributed by atoms with E-state index in [4.69, 9.17) is 14.5 Å². The Morgan fingerprint density at radius 2 is 1.75 bits per heavy atom. The molecular formula is C42H46N6O7S. The summed E-state index contributed by atoms with van der Waals surface area (Å²) in [5.74, 6) is -0.657. The number of pyridine rings is 1. The Balaban J connectivity index is 0.952. The number of benzene rings is 2. The van der Waals surface area contributed by atoms with Crippen molar-refractivity contribution in [3.63, 3.8) is 0 Å². The van der Waals surface area contributed by atoms with Crippen molar-refractivity contribution in [2.75, 3.05) is 45.3 Å². The summed E-state index contributed by atoms with van der Waals surface area (Å²) >= 11 is 1.77. The molecule has 1 fully saturated rings. The topological polar surface area (TPSA) is 145 Å². The fourth-order valence-corrected chi connectivity index (χ4v) is 8.27. The van der Waals surface area contributed by atoms with E-state index in [2.05, 4.69) is 40.2 Å². The molecule has 292 valence electrons. The summed E-state index contributed by atoms with van der Waals surface area (Å²) in [6, 6.07) is 15.7. The number of carbonyl (C=O) groups excluding carboxylic acids is 4. The number of carbonyl (C=O) groups is 4. The number of rotatable bonds is 11. The van der Waals surface area contributed by atoms with Crippen LogP contribution in [-0.2, 0) is 25.6 Å². The van der Waals surface area contributed by atoms with E-state index in [1.807, 2.05) is 32.3 Å². The van der Waals surface area contributed by atoms with Gasteiger partial charge in [-0.1, -0.05) is 42.1 Å². The Morgan fingerprint density at radius 3 is 2.46 bits per heavy atom. The Kier molecular flexibility index (Phi) is 11.0. The zero-order valence-electron chi connectivity index (χ0n) is 32.2. The summed E-state index contributed by atoms with van der Waals surface area (Å²) in [7, 11) is 4.09. The van der Waals surface area contributed by atoms with Gasteiger partial charge in [0.2, 0.25) is 5.91 Å². The van der Waals surface area contributed by atoms with Crippen LogP contribution in [0.1, 0.15) is 55.1 Å². The first kappa shape index (κ1) is 38.8. The number of anilines is 1. The molecule has 0 radical (unpaired) electrons. The van der Waals surface area contributed by atoms with E-state index in [0.29, 0.717) is 16.9 Å². The number of likely N-dealkylation sites (tertiary alicyclic amines) is 1. The number of phenols is 1. The second-order valence-electron chi connectivity index (χ2n) is 15.3. The molecule has 1 aromatic heterocycles. The van der Waals surface area contributed by atoms with Crippen molar-refractivity contribution >= 4 is 46.4 Å². The van der Waals surface area contributed by atoms with Crippen LogP contribution < -0.4 is 4.90 Å². The van der Waals surface area contributed by atoms with E-state index < -0.39 is 23.6 Å². The number of thioether (sulfide) groups is 1. The van der Waals surface area contributed by atoms with Crippen LogP contribution in [0.3, 0.4) is 0 Å². The van der Waals surface area contributed by atoms with E-state index in [1.54, 1.807) is 50.9 Å². The van der Waals surface area contributed by atoms with Crippen molar-refractivity contribution in [1.82, 2.24) is 19.7 Å². The zero-order valence-corrected chi connectivity index (χ0v) is 33.0. The molecule has 7 rings (SSSR count). The van der Waals surface area contributed by atoms with E-state index >= 15 is 0 Å². The van der Waals surface area contributed by atoms with Crippen molar-refractivity contribution in [1.29, 1.82) is 0 Å². The zero-order chi connectivity index (χ0) is 39.7. The van der Waals surface area contributed by atoms with Gasteiger partial charge in [0.05, 0.1) is 42.6 Å². The summed E-state index contributed by atoms with van der Waals surface area (Å²) in [6.07, 6.45) is 8.03. The number of nitrogens with zero attached hydrogens (tertiary/aromatic N) is 6. The maximum absolute atomic E-state index is 13.5. The number of hydrogen-bond donors (Lipinski definition) is 1. The third-order valence-electron chi connectivity index (χ3n) is 9.97. The quantitative estimate of drug-likeness (QED) is 0.192. The Labute approximate surface area is 330 Å². The molecule has 4 aliphatic rings. The van der Waals surface area contributed by atoms with E-state index in [0.717, 1.165) is 26.6 Å². The largest absolute Gasteiger partial charge is 0.508 e. The molecule has 0 bridgehead atoms. The van der Waals surface area contributed by atoms with Gasteiger partial charge in [0.15, 0.2) is 0 Å². The van der Waals surface area contributed by atoms with Gasteiger partial charge in [-0.15, -0.1) is 0 Å². The number of allylic oxidation sites excluding steroid dienone is 1. The molecule has 1 aliphatic carbocycles. The van der Waals surface area contributed by atoms with Gasteiger partial charge in [0, 0.05) is 55.6 Å². The summed E-state index contributed by atoms with van der Waals surface area (Å²) in [5, 5.41) is 11.2. The molecule has 3 aromatic rings. The number of hydrogen-bond acceptors (Lipinski definition) is 11. The van der Waals surface area contributed by atoms with Gasteiger partial charge in [-0.2, -0.15) is 0 Å². The Hall–Kier alpha value is -5.47. The van der Waals surface area contributed by atoms with Crippen LogP contribution in [0.25, 0.3) is 11.1 Å². The summed E-state index contributed by atoms with van der Waals surface area (Å²) in [4.78, 5) is 68.4. The molecule has 13 nitrogen and oxygen atoms in total. The minimum Gasteiger partial charge on any atom is -0.508 e. The predicted octanol–water partition coefficient (Wildman–Crippen LogP) is 5.63. The minimum absolute atomic E-state index is 0.000781. The lowest BCUT2D eigenvalue weighted by Gasteiger charge is -2.35. The first-order chi connectivity index (χ1) is 26.8. The van der Waals surface area contributed by atoms with Crippen LogP contribution >= 0.6 is 11.8 Å². The standard InChI is InChI=1S/C42H46N6O7S/c1-42(2,3)55-41(53)46(18-20-54-21-19-47-37(50)17-15-34(40(47)52)48-25-29-22-31(49)12-13-32(29)39(48)51)36-16-10-28(24-43-36)26-6-8-27(9-7-26)38-44-33-14-11-30(45(4)5)23-35(33)56-38/h6-14,16,22-24,33-35,49H,15,17-21,25H2,1-5H3. The molecule has 0 spiro atoms. The second-order valence-corrected chi connectivity index (χ2v) is 16.5. The predicted molar refractivity (Wildman–Crippen MR) is 214 cm³/mol. The number of aromatic nitrogens is 1. The van der Waals surface area contributed by atoms with Gasteiger partial charge in [-0.3, -0.25) is 29.2 Å². The van der Waals surface area contributed by atoms with Crippen molar-refractivity contribution < 1.29 is 33.8 Å². The van der Waals surface area contributed by atoms with Crippen molar-refractivity contribution in [3.8, 4) is 16.9 Å². The monoisotopic (exact) mass is 778 g/mol. The van der Waals surface area contributed by atoms with Gasteiger partial charge >= 0.3 is 6.09 Å². The number of phenolic OH excluding ortho intramolecular Hbond substituents is 1. The van der Waals surface area contributed by atoms with Crippen molar-refractivity contribution in [3.05, 3.63) is 101 Å². The SMILES string of the molecule is CN(C)C1=CC2SC(c3ccc(-c4ccc(N(CCOCCN5C(=O)CCC(N6Cc7cc(O)ccc7C6=O)C5=O)C(=O)OC(C)(C)C)nc4)cc3)=NC2C=C1. The second kappa shape index (κ2) is 15.9. The minimum atomic E-state index is -0.790. The third-order valence-corrected chi connectivity index (χ3v) is 11.2. The molecule has 4 amide bonds. The number of piperidine rings is 1. The van der Waals surface area contributed by atoms with Gasteiger partial charge in [0.1, 0.15) is 23.2 Å². The third kappa shape index (κ3) is 8.36. The molecule has 3 unspecified atom stereocenters. The van der Waals surface area contributed by atoms with Gasteiger partial charge in [-0.05, 0) is 80.8 Å². The first-order valence-electron chi connectivity index (χ1n) is 18.7. The van der Waals surface area contributed by atoms with Crippen molar-refractivity contribution in [2.45, 2.75) is 63.1 Å². The number of amides is 4. The summed E-state index contributed by atoms with van der Waals surface area (Å²) < 4.78 is 11.5. The summed E-state index contributed by atoms with van der Waals surface area (Å²) in [6.45, 7) is 5.77. The highest BCUT2D eigenvalue weighted by molar-refractivity contribution is 8.15. The highest BCUT2D eigenvalue weighted by atomic mass is 32.2. The number of ether oxygens (including phenoxy) is 2. The van der Waals surface area contributed by atoms with E-state index in [9.17, 15) is 24.3 Å². The highest BCUT2D eigenvalue weighted by Gasteiger charge is 2.42. The molecular weight excluding hydrogens is 733 g/mol. The maximum Gasteiger partial charge on any atom is 0.416 e. The normalized spacial score (nSPS) is 20.4. The molecule has 14 heteroatoms. The maximum atomic E-state index is 13.5. The highest BCUT2D eigenvalue weighted by Crippen LogP contribution is 2.36. The molecule has 1 saturated heterocycles. The van der Waals surface area contributed by atoms with Crippen LogP contribution in [0.4, 0.5) is 10.6 Å². The van der Waals surface area contributed by atoms with Crippen molar-refractivity contribution in [2.24, 2.45) is 4.99 Å². The number of aromatic hydroxyl groups is 1. The van der Waals surface area contributed by atoms with Crippen LogP contribution in [-0.4, -0.2) is 117 Å². The molecule has 3 atom stereocenters. The Morgan fingerprint density at radius 1 is 1.00 bits per heavy atom. The molecule has 56 heavy (non-hydrogen) atoms. The average molecular weight is 779 g/mol. The fraction of sp³-hybridized carbons (Fsp3) is 0.381. The smallest absolute Gasteiger partial charge is 0.416 e. The Bertz CT molecular complexity index is 2110. The number of fused-ring (bicyclic) bond motifs is 2. The van der Waals surface area contributed by atoms with Crippen LogP contribution in [0.2, 0.25) is 0 Å². The number of likely N-dealkylation sites (N-methyl/N-ethyl adjacent to an activating group) is 1. The summed E-state index contributed by atoms with van der Waals surface area (Å²) in [5.41, 5.74) is 4.43. The lowest BCUT2D eigenvalue weighted by atomic mass is 10.0. The van der Waals surface area contributed by atoms with Gasteiger partial charge in [0.25, 0.3) is 11.8 Å². The molecule has 0 saturated carbocycles. The number of aliphatic imine (C=N–C) groups is 1. The van der Waals surface area contributed by atoms with E-state index in [1.165, 1.54) is 27.6 Å². The fourth-order valence-electron chi connectivity index (χ4n) is 7.06. The van der Waals surface area contributed by atoms with Crippen LogP contribution in [0.15, 0.2) is 89.7 Å². The molecule has 4 heterocycles. The lowest BCUT2D eigenvalue weighted by Crippen LogP contribution is -2.55. The lowest BCUT2D eigenvalue weighted by molar-refractivity contribution is -0.153. The molecule has 3 aliphatic heterocycles. The van der Waals surface area contributed by atoms with Crippen LogP contribution in [0.5, 0.6) is 5.75 Å². The average Bonchev–Trinajstić information content (AvgIpc) is 3.73. The van der Waals surface area contributed by atoms with Gasteiger partial charge < -0.3 is 24.4 Å². The van der Waals surface area contributed by atoms with Crippen LogP contribution in [0, 0.1) is 0 Å². The molecule has 2 aromatic carbocycles. The first-order valence-corrected chi connectivity index (χ1v) is 19.6. The van der Waals surface area contributed by atoms with Gasteiger partial charge in [-0.25, -0.2) is 9.78 Å².